The lowest BCUT2D eigenvalue weighted by Gasteiger charge is -2.00. The van der Waals surface area contributed by atoms with Crippen LogP contribution in [0.3, 0.4) is 0 Å². The van der Waals surface area contributed by atoms with Crippen LogP contribution in [0.25, 0.3) is 0 Å². The van der Waals surface area contributed by atoms with Crippen molar-refractivity contribution in [2.75, 3.05) is 7.11 Å². The summed E-state index contributed by atoms with van der Waals surface area (Å²) in [5.41, 5.74) is -0.863. The summed E-state index contributed by atoms with van der Waals surface area (Å²) in [6.45, 7) is 0. The lowest BCUT2D eigenvalue weighted by atomic mass is 10.4. The van der Waals surface area contributed by atoms with Gasteiger partial charge in [0.1, 0.15) is 5.66 Å². The zero-order valence-corrected chi connectivity index (χ0v) is 6.83. The normalized spacial score (nSPS) is 26.8. The van der Waals surface area contributed by atoms with Gasteiger partial charge in [-0.3, -0.25) is 14.2 Å². The van der Waals surface area contributed by atoms with E-state index >= 15 is 0 Å². The maximum atomic E-state index is 10.9. The molecule has 0 saturated carbocycles. The molecule has 2 unspecified atom stereocenters. The molecule has 0 bridgehead atoms. The second kappa shape index (κ2) is 3.15. The number of carbonyl (C=O) groups excluding carboxylic acids is 2. The first-order valence-electron chi connectivity index (χ1n) is 2.97. The first kappa shape index (κ1) is 8.43. The van der Waals surface area contributed by atoms with Crippen LogP contribution < -0.4 is 0 Å². The van der Waals surface area contributed by atoms with Gasteiger partial charge in [-0.25, -0.2) is 0 Å². The fourth-order valence-electron chi connectivity index (χ4n) is 0.797. The van der Waals surface area contributed by atoms with Gasteiger partial charge in [-0.15, -0.1) is 0 Å². The quantitative estimate of drug-likeness (QED) is 0.337. The molecule has 6 heteroatoms. The Morgan fingerprint density at radius 3 is 2.64 bits per heavy atom. The summed E-state index contributed by atoms with van der Waals surface area (Å²) >= 11 is 0. The van der Waals surface area contributed by atoms with Gasteiger partial charge in [0.15, 0.2) is 0 Å². The molecular weight excluding hydrogens is 171 g/mol. The summed E-state index contributed by atoms with van der Waals surface area (Å²) in [5.74, 6) is -1.36. The third-order valence-electron chi connectivity index (χ3n) is 1.36. The fourth-order valence-corrected chi connectivity index (χ4v) is 1.67. The standard InChI is InChI=1S/C5H7O5P/c1-9-11(8)3-2-4(6)10-5(3)7/h3,11H,2H2,1H3. The smallest absolute Gasteiger partial charge is 0.326 e. The highest BCUT2D eigenvalue weighted by molar-refractivity contribution is 7.41. The van der Waals surface area contributed by atoms with Crippen molar-refractivity contribution in [1.29, 1.82) is 0 Å². The molecule has 0 spiro atoms. The number of esters is 2. The second-order valence-corrected chi connectivity index (χ2v) is 3.82. The highest BCUT2D eigenvalue weighted by Gasteiger charge is 2.37. The number of hydrogen-bond acceptors (Lipinski definition) is 5. The molecule has 2 atom stereocenters. The molecule has 1 aliphatic heterocycles. The van der Waals surface area contributed by atoms with Crippen molar-refractivity contribution < 1.29 is 23.4 Å². The second-order valence-electron chi connectivity index (χ2n) is 2.07. The minimum Gasteiger partial charge on any atom is -0.392 e. The Kier molecular flexibility index (Phi) is 2.42. The van der Waals surface area contributed by atoms with Gasteiger partial charge in [-0.05, 0) is 0 Å². The monoisotopic (exact) mass is 178 g/mol. The van der Waals surface area contributed by atoms with Crippen LogP contribution in [-0.4, -0.2) is 24.7 Å². The first-order chi connectivity index (χ1) is 5.15. The number of carbonyl (C=O) groups is 2. The highest BCUT2D eigenvalue weighted by atomic mass is 31.1. The molecule has 0 amide bonds. The molecule has 11 heavy (non-hydrogen) atoms. The van der Waals surface area contributed by atoms with E-state index in [1.807, 2.05) is 0 Å². The van der Waals surface area contributed by atoms with Gasteiger partial charge in [0.2, 0.25) is 8.03 Å². The van der Waals surface area contributed by atoms with Crippen LogP contribution in [0.1, 0.15) is 6.42 Å². The molecule has 62 valence electrons. The molecule has 0 radical (unpaired) electrons. The summed E-state index contributed by atoms with van der Waals surface area (Å²) in [7, 11) is -1.20. The Labute approximate surface area is 63.5 Å². The van der Waals surface area contributed by atoms with Crippen LogP contribution >= 0.6 is 8.03 Å². The van der Waals surface area contributed by atoms with Gasteiger partial charge >= 0.3 is 11.9 Å². The van der Waals surface area contributed by atoms with Crippen molar-refractivity contribution in [3.8, 4) is 0 Å². The molecule has 0 aromatic rings. The average molecular weight is 178 g/mol. The Hall–Kier alpha value is -0.670. The Balaban J connectivity index is 2.67. The maximum absolute atomic E-state index is 10.9. The Morgan fingerprint density at radius 2 is 2.27 bits per heavy atom. The van der Waals surface area contributed by atoms with Crippen molar-refractivity contribution in [2.24, 2.45) is 0 Å². The largest absolute Gasteiger partial charge is 0.392 e. The molecule has 1 aliphatic rings. The van der Waals surface area contributed by atoms with E-state index in [4.69, 9.17) is 0 Å². The van der Waals surface area contributed by atoms with E-state index in [1.54, 1.807) is 0 Å². The lowest BCUT2D eigenvalue weighted by Crippen LogP contribution is -2.09. The zero-order valence-electron chi connectivity index (χ0n) is 5.83. The fraction of sp³-hybridized carbons (Fsp3) is 0.600. The molecule has 0 N–H and O–H groups in total. The topological polar surface area (TPSA) is 69.7 Å². The van der Waals surface area contributed by atoms with Gasteiger partial charge in [-0.1, -0.05) is 0 Å². The van der Waals surface area contributed by atoms with Crippen molar-refractivity contribution in [3.63, 3.8) is 0 Å². The summed E-state index contributed by atoms with van der Waals surface area (Å²) in [6, 6.07) is 0. The van der Waals surface area contributed by atoms with Crippen LogP contribution in [-0.2, 0) is 23.4 Å². The summed E-state index contributed by atoms with van der Waals surface area (Å²) < 4.78 is 19.5. The van der Waals surface area contributed by atoms with Gasteiger partial charge in [0.25, 0.3) is 0 Å². The number of ether oxygens (including phenoxy) is 1. The number of rotatable bonds is 2. The minimum atomic E-state index is -2.43. The molecule has 0 aromatic heterocycles. The van der Waals surface area contributed by atoms with Gasteiger partial charge in [0.05, 0.1) is 6.42 Å². The lowest BCUT2D eigenvalue weighted by molar-refractivity contribution is -0.151. The van der Waals surface area contributed by atoms with Crippen molar-refractivity contribution in [3.05, 3.63) is 0 Å². The van der Waals surface area contributed by atoms with E-state index in [0.29, 0.717) is 0 Å². The minimum absolute atomic E-state index is 0.121. The molecule has 0 aliphatic carbocycles. The van der Waals surface area contributed by atoms with Gasteiger partial charge in [0, 0.05) is 7.11 Å². The molecule has 1 saturated heterocycles. The van der Waals surface area contributed by atoms with E-state index in [9.17, 15) is 14.2 Å². The van der Waals surface area contributed by atoms with Crippen LogP contribution in [0.4, 0.5) is 0 Å². The summed E-state index contributed by atoms with van der Waals surface area (Å²) in [5, 5.41) is 0. The van der Waals surface area contributed by atoms with Gasteiger partial charge < -0.3 is 9.26 Å². The molecule has 1 fully saturated rings. The van der Waals surface area contributed by atoms with E-state index < -0.39 is 25.6 Å². The van der Waals surface area contributed by atoms with Crippen LogP contribution in [0.15, 0.2) is 0 Å². The number of cyclic esters (lactones) is 2. The predicted octanol–water partition coefficient (Wildman–Crippen LogP) is -0.0504. The molecule has 0 aromatic carbocycles. The van der Waals surface area contributed by atoms with Crippen LogP contribution in [0.2, 0.25) is 0 Å². The van der Waals surface area contributed by atoms with Crippen molar-refractivity contribution in [2.45, 2.75) is 12.1 Å². The van der Waals surface area contributed by atoms with Crippen LogP contribution in [0.5, 0.6) is 0 Å². The summed E-state index contributed by atoms with van der Waals surface area (Å²) in [4.78, 5) is 21.2. The summed E-state index contributed by atoms with van der Waals surface area (Å²) in [6.07, 6.45) is -0.121. The van der Waals surface area contributed by atoms with Crippen molar-refractivity contribution >= 4 is 20.0 Å². The molecule has 1 heterocycles. The van der Waals surface area contributed by atoms with Crippen LogP contribution in [0, 0.1) is 0 Å². The maximum Gasteiger partial charge on any atom is 0.326 e. The molecule has 1 rings (SSSR count). The first-order valence-corrected chi connectivity index (χ1v) is 4.37. The third-order valence-corrected chi connectivity index (χ3v) is 2.77. The average Bonchev–Trinajstić information content (AvgIpc) is 2.28. The van der Waals surface area contributed by atoms with Crippen molar-refractivity contribution in [1.82, 2.24) is 0 Å². The van der Waals surface area contributed by atoms with E-state index in [2.05, 4.69) is 9.26 Å². The Morgan fingerprint density at radius 1 is 1.64 bits per heavy atom. The molecular formula is C5H7O5P. The van der Waals surface area contributed by atoms with E-state index in [1.165, 1.54) is 7.11 Å². The third kappa shape index (κ3) is 1.67. The molecule has 5 nitrogen and oxygen atoms in total. The Bertz CT molecular complexity index is 223. The van der Waals surface area contributed by atoms with E-state index in [-0.39, 0.29) is 6.42 Å². The predicted molar refractivity (Wildman–Crippen MR) is 35.5 cm³/mol. The highest BCUT2D eigenvalue weighted by Crippen LogP contribution is 2.34. The van der Waals surface area contributed by atoms with E-state index in [0.717, 1.165) is 0 Å². The zero-order chi connectivity index (χ0) is 8.43. The van der Waals surface area contributed by atoms with Gasteiger partial charge in [-0.2, -0.15) is 0 Å². The number of hydrogen-bond donors (Lipinski definition) is 0. The SMILES string of the molecule is CO[PH](=O)C1CC(=O)OC1=O.